The van der Waals surface area contributed by atoms with E-state index in [-0.39, 0.29) is 5.75 Å². The van der Waals surface area contributed by atoms with Crippen molar-refractivity contribution in [1.29, 1.82) is 0 Å². The summed E-state index contributed by atoms with van der Waals surface area (Å²) in [5, 5.41) is 12.9. The molecule has 3 nitrogen and oxygen atoms in total. The van der Waals surface area contributed by atoms with Gasteiger partial charge in [-0.25, -0.2) is 0 Å². The zero-order valence-electron chi connectivity index (χ0n) is 8.59. The lowest BCUT2D eigenvalue weighted by Gasteiger charge is -2.27. The molecular formula is C11H14BrNO2. The zero-order chi connectivity index (χ0) is 10.8. The molecule has 1 aliphatic rings. The first-order valence-electron chi connectivity index (χ1n) is 4.97. The molecule has 1 aliphatic heterocycles. The normalized spacial score (nSPS) is 16.1. The van der Waals surface area contributed by atoms with E-state index in [2.05, 4.69) is 21.2 Å². The third kappa shape index (κ3) is 2.26. The first-order valence-corrected chi connectivity index (χ1v) is 5.76. The first-order chi connectivity index (χ1) is 7.20. The van der Waals surface area contributed by atoms with Crippen molar-refractivity contribution in [2.24, 2.45) is 5.92 Å². The van der Waals surface area contributed by atoms with Crippen LogP contribution in [0.3, 0.4) is 0 Å². The summed E-state index contributed by atoms with van der Waals surface area (Å²) >= 11 is 3.49. The van der Waals surface area contributed by atoms with Crippen molar-refractivity contribution in [3.8, 4) is 11.5 Å². The summed E-state index contributed by atoms with van der Waals surface area (Å²) < 4.78 is 6.04. The Bertz CT molecular complexity index is 364. The number of benzene rings is 1. The summed E-state index contributed by atoms with van der Waals surface area (Å²) in [4.78, 5) is 0. The van der Waals surface area contributed by atoms with Gasteiger partial charge in [-0.05, 0) is 43.1 Å². The maximum Gasteiger partial charge on any atom is 0.161 e. The van der Waals surface area contributed by atoms with Gasteiger partial charge in [0.05, 0.1) is 7.11 Å². The van der Waals surface area contributed by atoms with Crippen molar-refractivity contribution in [3.05, 3.63) is 22.2 Å². The van der Waals surface area contributed by atoms with E-state index in [1.165, 1.54) is 0 Å². The number of hydrogen-bond donors (Lipinski definition) is 2. The summed E-state index contributed by atoms with van der Waals surface area (Å²) in [6.45, 7) is 2.14. The molecule has 0 unspecified atom stereocenters. The van der Waals surface area contributed by atoms with E-state index in [0.29, 0.717) is 11.7 Å². The maximum atomic E-state index is 9.66. The average Bonchev–Trinajstić information content (AvgIpc) is 2.16. The molecule has 4 heteroatoms. The molecule has 0 atom stereocenters. The molecule has 0 amide bonds. The van der Waals surface area contributed by atoms with Crippen LogP contribution in [0.15, 0.2) is 16.6 Å². The number of methoxy groups -OCH3 is 1. The second kappa shape index (κ2) is 4.41. The lowest BCUT2D eigenvalue weighted by Crippen LogP contribution is -2.43. The fourth-order valence-electron chi connectivity index (χ4n) is 1.71. The average molecular weight is 272 g/mol. The van der Waals surface area contributed by atoms with Crippen LogP contribution in [0.2, 0.25) is 0 Å². The van der Waals surface area contributed by atoms with Crippen LogP contribution in [-0.2, 0) is 6.42 Å². The smallest absolute Gasteiger partial charge is 0.161 e. The van der Waals surface area contributed by atoms with Gasteiger partial charge in [-0.3, -0.25) is 0 Å². The summed E-state index contributed by atoms with van der Waals surface area (Å²) in [6.07, 6.45) is 0.991. The van der Waals surface area contributed by atoms with Gasteiger partial charge >= 0.3 is 0 Å². The van der Waals surface area contributed by atoms with Gasteiger partial charge in [0.2, 0.25) is 0 Å². The monoisotopic (exact) mass is 271 g/mol. The first kappa shape index (κ1) is 10.8. The molecule has 2 N–H and O–H groups in total. The Morgan fingerprint density at radius 3 is 2.80 bits per heavy atom. The zero-order valence-corrected chi connectivity index (χ0v) is 10.2. The summed E-state index contributed by atoms with van der Waals surface area (Å²) in [5.74, 6) is 1.41. The summed E-state index contributed by atoms with van der Waals surface area (Å²) in [6, 6.07) is 3.60. The van der Waals surface area contributed by atoms with Crippen LogP contribution in [0.5, 0.6) is 11.5 Å². The molecule has 1 fully saturated rings. The van der Waals surface area contributed by atoms with E-state index in [1.54, 1.807) is 13.2 Å². The molecular weight excluding hydrogens is 258 g/mol. The van der Waals surface area contributed by atoms with Crippen molar-refractivity contribution in [2.45, 2.75) is 6.42 Å². The van der Waals surface area contributed by atoms with Crippen molar-refractivity contribution >= 4 is 15.9 Å². The molecule has 0 spiro atoms. The Morgan fingerprint density at radius 1 is 1.53 bits per heavy atom. The van der Waals surface area contributed by atoms with Crippen LogP contribution in [0.1, 0.15) is 5.56 Å². The largest absolute Gasteiger partial charge is 0.504 e. The number of nitrogens with one attached hydrogen (secondary N) is 1. The SMILES string of the molecule is COc1cc(Br)c(CC2CNC2)cc1O. The van der Waals surface area contributed by atoms with Gasteiger partial charge in [0.1, 0.15) is 0 Å². The van der Waals surface area contributed by atoms with Gasteiger partial charge in [-0.15, -0.1) is 0 Å². The van der Waals surface area contributed by atoms with Gasteiger partial charge in [0.25, 0.3) is 0 Å². The summed E-state index contributed by atoms with van der Waals surface area (Å²) in [7, 11) is 1.55. The van der Waals surface area contributed by atoms with Gasteiger partial charge in [-0.1, -0.05) is 15.9 Å². The topological polar surface area (TPSA) is 41.5 Å². The van der Waals surface area contributed by atoms with Crippen LogP contribution in [0.4, 0.5) is 0 Å². The van der Waals surface area contributed by atoms with E-state index >= 15 is 0 Å². The van der Waals surface area contributed by atoms with E-state index in [4.69, 9.17) is 4.74 Å². The fraction of sp³-hybridized carbons (Fsp3) is 0.455. The Balaban J connectivity index is 2.19. The van der Waals surface area contributed by atoms with E-state index in [9.17, 15) is 5.11 Å². The van der Waals surface area contributed by atoms with Crippen LogP contribution in [-0.4, -0.2) is 25.3 Å². The maximum absolute atomic E-state index is 9.66. The number of halogens is 1. The minimum Gasteiger partial charge on any atom is -0.504 e. The van der Waals surface area contributed by atoms with Gasteiger partial charge < -0.3 is 15.2 Å². The highest BCUT2D eigenvalue weighted by Gasteiger charge is 2.19. The second-order valence-electron chi connectivity index (χ2n) is 3.84. The molecule has 2 rings (SSSR count). The molecule has 1 heterocycles. The fourth-order valence-corrected chi connectivity index (χ4v) is 2.19. The molecule has 0 bridgehead atoms. The van der Waals surface area contributed by atoms with Crippen molar-refractivity contribution in [2.75, 3.05) is 20.2 Å². The highest BCUT2D eigenvalue weighted by atomic mass is 79.9. The molecule has 0 saturated carbocycles. The predicted octanol–water partition coefficient (Wildman–Crippen LogP) is 1.93. The van der Waals surface area contributed by atoms with Crippen LogP contribution < -0.4 is 10.1 Å². The standard InChI is InChI=1S/C11H14BrNO2/c1-15-11-4-9(12)8(3-10(11)14)2-7-5-13-6-7/h3-4,7,13-14H,2,5-6H2,1H3. The predicted molar refractivity (Wildman–Crippen MR) is 62.4 cm³/mol. The second-order valence-corrected chi connectivity index (χ2v) is 4.70. The number of aromatic hydroxyl groups is 1. The highest BCUT2D eigenvalue weighted by Crippen LogP contribution is 2.33. The third-order valence-electron chi connectivity index (χ3n) is 2.72. The molecule has 0 radical (unpaired) electrons. The van der Waals surface area contributed by atoms with Crippen molar-refractivity contribution in [1.82, 2.24) is 5.32 Å². The van der Waals surface area contributed by atoms with Crippen LogP contribution in [0, 0.1) is 5.92 Å². The van der Waals surface area contributed by atoms with Crippen LogP contribution >= 0.6 is 15.9 Å². The number of hydrogen-bond acceptors (Lipinski definition) is 3. The van der Waals surface area contributed by atoms with Crippen LogP contribution in [0.25, 0.3) is 0 Å². The molecule has 1 aromatic carbocycles. The molecule has 0 aromatic heterocycles. The minimum atomic E-state index is 0.211. The van der Waals surface area contributed by atoms with Gasteiger partial charge in [-0.2, -0.15) is 0 Å². The summed E-state index contributed by atoms with van der Waals surface area (Å²) in [5.41, 5.74) is 1.14. The van der Waals surface area contributed by atoms with E-state index < -0.39 is 0 Å². The molecule has 15 heavy (non-hydrogen) atoms. The Kier molecular flexibility index (Phi) is 3.17. The van der Waals surface area contributed by atoms with Crippen molar-refractivity contribution in [3.63, 3.8) is 0 Å². The molecule has 82 valence electrons. The van der Waals surface area contributed by atoms with Gasteiger partial charge in [0.15, 0.2) is 11.5 Å². The lowest BCUT2D eigenvalue weighted by atomic mass is 9.94. The van der Waals surface area contributed by atoms with Crippen molar-refractivity contribution < 1.29 is 9.84 Å². The quantitative estimate of drug-likeness (QED) is 0.883. The third-order valence-corrected chi connectivity index (χ3v) is 3.46. The Hall–Kier alpha value is -0.740. The molecule has 1 saturated heterocycles. The van der Waals surface area contributed by atoms with Gasteiger partial charge in [0, 0.05) is 4.47 Å². The lowest BCUT2D eigenvalue weighted by molar-refractivity contribution is 0.344. The molecule has 1 aromatic rings. The molecule has 0 aliphatic carbocycles. The number of phenols is 1. The van der Waals surface area contributed by atoms with E-state index in [1.807, 2.05) is 6.07 Å². The Morgan fingerprint density at radius 2 is 2.27 bits per heavy atom. The number of rotatable bonds is 3. The Labute approximate surface area is 97.6 Å². The van der Waals surface area contributed by atoms with E-state index in [0.717, 1.165) is 29.5 Å². The minimum absolute atomic E-state index is 0.211. The number of phenolic OH excluding ortho intramolecular Hbond substituents is 1. The number of ether oxygens (including phenoxy) is 1. The highest BCUT2D eigenvalue weighted by molar-refractivity contribution is 9.10.